The quantitative estimate of drug-likeness (QED) is 0.786. The number of likely N-dealkylation sites (N-methyl/N-ethyl adjacent to an activating group) is 1. The first kappa shape index (κ1) is 12.2. The van der Waals surface area contributed by atoms with E-state index in [0.717, 1.165) is 18.7 Å². The van der Waals surface area contributed by atoms with Crippen LogP contribution in [0.5, 0.6) is 0 Å². The van der Waals surface area contributed by atoms with E-state index < -0.39 is 0 Å². The highest BCUT2D eigenvalue weighted by molar-refractivity contribution is 5.22. The summed E-state index contributed by atoms with van der Waals surface area (Å²) in [5, 5.41) is 4.45. The van der Waals surface area contributed by atoms with Crippen molar-refractivity contribution >= 4 is 0 Å². The topological polar surface area (TPSA) is 47.1 Å². The molecule has 1 unspecified atom stereocenters. The molecule has 0 aromatic carbocycles. The molecule has 2 N–H and O–H groups in total. The second-order valence-corrected chi connectivity index (χ2v) is 3.88. The Kier molecular flexibility index (Phi) is 4.29. The van der Waals surface area contributed by atoms with Crippen molar-refractivity contribution in [2.24, 2.45) is 12.8 Å². The van der Waals surface area contributed by atoms with E-state index in [4.69, 9.17) is 5.73 Å². The fourth-order valence-electron chi connectivity index (χ4n) is 1.87. The van der Waals surface area contributed by atoms with Gasteiger partial charge < -0.3 is 5.73 Å². The lowest BCUT2D eigenvalue weighted by molar-refractivity contribution is 0.262. The molecule has 0 saturated heterocycles. The van der Waals surface area contributed by atoms with Crippen LogP contribution < -0.4 is 5.73 Å². The number of hydrogen-bond donors (Lipinski definition) is 1. The Morgan fingerprint density at radius 1 is 1.53 bits per heavy atom. The van der Waals surface area contributed by atoms with E-state index in [0.29, 0.717) is 12.6 Å². The Labute approximate surface area is 92.1 Å². The standard InChI is InChI=1S/C11H22N4/c1-5-10-9(8-15(4)13-10)11(7-12)14(3)6-2/h8,11H,5-7,12H2,1-4H3. The molecule has 0 aliphatic carbocycles. The normalized spacial score (nSPS) is 13.5. The number of hydrogen-bond acceptors (Lipinski definition) is 3. The molecule has 0 radical (unpaired) electrons. The zero-order chi connectivity index (χ0) is 11.4. The predicted molar refractivity (Wildman–Crippen MR) is 62.7 cm³/mol. The van der Waals surface area contributed by atoms with Gasteiger partial charge in [0.2, 0.25) is 0 Å². The van der Waals surface area contributed by atoms with Crippen LogP contribution in [0.1, 0.15) is 31.1 Å². The Morgan fingerprint density at radius 3 is 2.67 bits per heavy atom. The van der Waals surface area contributed by atoms with E-state index in [1.165, 1.54) is 5.56 Å². The molecule has 0 amide bonds. The van der Waals surface area contributed by atoms with E-state index >= 15 is 0 Å². The predicted octanol–water partition coefficient (Wildman–Crippen LogP) is 0.934. The van der Waals surface area contributed by atoms with Crippen LogP contribution in [0.2, 0.25) is 0 Å². The maximum absolute atomic E-state index is 5.84. The first-order chi connectivity index (χ1) is 7.13. The number of aromatic nitrogens is 2. The average Bonchev–Trinajstić information content (AvgIpc) is 2.60. The van der Waals surface area contributed by atoms with Crippen LogP contribution in [0, 0.1) is 0 Å². The van der Waals surface area contributed by atoms with Gasteiger partial charge in [0.25, 0.3) is 0 Å². The highest BCUT2D eigenvalue weighted by Gasteiger charge is 2.19. The van der Waals surface area contributed by atoms with Crippen LogP contribution in [0.3, 0.4) is 0 Å². The van der Waals surface area contributed by atoms with Gasteiger partial charge in [-0.05, 0) is 20.0 Å². The Hall–Kier alpha value is -0.870. The molecule has 0 saturated carbocycles. The number of rotatable bonds is 5. The monoisotopic (exact) mass is 210 g/mol. The molecule has 0 fully saturated rings. The lowest BCUT2D eigenvalue weighted by Crippen LogP contribution is -2.30. The van der Waals surface area contributed by atoms with Gasteiger partial charge in [0.1, 0.15) is 0 Å². The molecule has 86 valence electrons. The summed E-state index contributed by atoms with van der Waals surface area (Å²) in [5.74, 6) is 0. The van der Waals surface area contributed by atoms with E-state index in [1.807, 2.05) is 11.7 Å². The molecule has 0 spiro atoms. The van der Waals surface area contributed by atoms with Crippen LogP contribution >= 0.6 is 0 Å². The Balaban J connectivity index is 2.99. The highest BCUT2D eigenvalue weighted by atomic mass is 15.3. The molecule has 1 aromatic heterocycles. The summed E-state index contributed by atoms with van der Waals surface area (Å²) in [6, 6.07) is 0.290. The smallest absolute Gasteiger partial charge is 0.0670 e. The fourth-order valence-corrected chi connectivity index (χ4v) is 1.87. The van der Waals surface area contributed by atoms with Crippen molar-refractivity contribution in [2.75, 3.05) is 20.1 Å². The Morgan fingerprint density at radius 2 is 2.20 bits per heavy atom. The second kappa shape index (κ2) is 5.28. The highest BCUT2D eigenvalue weighted by Crippen LogP contribution is 2.21. The van der Waals surface area contributed by atoms with Crippen LogP contribution in [0.4, 0.5) is 0 Å². The van der Waals surface area contributed by atoms with Crippen molar-refractivity contribution in [2.45, 2.75) is 26.3 Å². The van der Waals surface area contributed by atoms with Gasteiger partial charge in [0.05, 0.1) is 11.7 Å². The van der Waals surface area contributed by atoms with Crippen molar-refractivity contribution in [1.29, 1.82) is 0 Å². The molecule has 1 heterocycles. The third-order valence-corrected chi connectivity index (χ3v) is 2.89. The summed E-state index contributed by atoms with van der Waals surface area (Å²) in [7, 11) is 4.06. The summed E-state index contributed by atoms with van der Waals surface area (Å²) >= 11 is 0. The zero-order valence-electron chi connectivity index (χ0n) is 10.2. The van der Waals surface area contributed by atoms with Gasteiger partial charge in [0, 0.05) is 25.4 Å². The fraction of sp³-hybridized carbons (Fsp3) is 0.727. The van der Waals surface area contributed by atoms with Gasteiger partial charge in [-0.15, -0.1) is 0 Å². The van der Waals surface area contributed by atoms with Gasteiger partial charge in [0.15, 0.2) is 0 Å². The van der Waals surface area contributed by atoms with Crippen LogP contribution in [-0.4, -0.2) is 34.8 Å². The maximum atomic E-state index is 5.84. The first-order valence-electron chi connectivity index (χ1n) is 5.56. The van der Waals surface area contributed by atoms with Crippen molar-refractivity contribution in [3.8, 4) is 0 Å². The van der Waals surface area contributed by atoms with Crippen molar-refractivity contribution in [3.05, 3.63) is 17.5 Å². The molecular weight excluding hydrogens is 188 g/mol. The summed E-state index contributed by atoms with van der Waals surface area (Å²) in [6.07, 6.45) is 3.05. The third kappa shape index (κ3) is 2.58. The molecule has 0 bridgehead atoms. The van der Waals surface area contributed by atoms with E-state index in [2.05, 4.69) is 37.1 Å². The molecule has 1 rings (SSSR count). The summed E-state index contributed by atoms with van der Waals surface area (Å²) < 4.78 is 1.88. The van der Waals surface area contributed by atoms with E-state index in [9.17, 15) is 0 Å². The van der Waals surface area contributed by atoms with E-state index in [-0.39, 0.29) is 0 Å². The molecule has 15 heavy (non-hydrogen) atoms. The summed E-state index contributed by atoms with van der Waals surface area (Å²) in [5.41, 5.74) is 8.27. The van der Waals surface area contributed by atoms with Crippen LogP contribution in [0.15, 0.2) is 6.20 Å². The zero-order valence-corrected chi connectivity index (χ0v) is 10.2. The minimum atomic E-state index is 0.290. The third-order valence-electron chi connectivity index (χ3n) is 2.89. The van der Waals surface area contributed by atoms with Gasteiger partial charge in [-0.2, -0.15) is 5.10 Å². The maximum Gasteiger partial charge on any atom is 0.0670 e. The lowest BCUT2D eigenvalue weighted by atomic mass is 10.1. The van der Waals surface area contributed by atoms with Gasteiger partial charge in [-0.1, -0.05) is 13.8 Å². The molecule has 4 nitrogen and oxygen atoms in total. The summed E-state index contributed by atoms with van der Waals surface area (Å²) in [6.45, 7) is 5.92. The molecular formula is C11H22N4. The molecule has 1 atom stereocenters. The van der Waals surface area contributed by atoms with Crippen LogP contribution in [-0.2, 0) is 13.5 Å². The van der Waals surface area contributed by atoms with Crippen molar-refractivity contribution < 1.29 is 0 Å². The van der Waals surface area contributed by atoms with E-state index in [1.54, 1.807) is 0 Å². The minimum absolute atomic E-state index is 0.290. The van der Waals surface area contributed by atoms with Gasteiger partial charge >= 0.3 is 0 Å². The molecule has 0 aliphatic heterocycles. The van der Waals surface area contributed by atoms with Crippen LogP contribution in [0.25, 0.3) is 0 Å². The summed E-state index contributed by atoms with van der Waals surface area (Å²) in [4.78, 5) is 2.26. The SMILES string of the molecule is CCc1nn(C)cc1C(CN)N(C)CC. The number of aryl methyl sites for hydroxylation is 2. The largest absolute Gasteiger partial charge is 0.329 e. The van der Waals surface area contributed by atoms with Gasteiger partial charge in [-0.3, -0.25) is 9.58 Å². The van der Waals surface area contributed by atoms with Gasteiger partial charge in [-0.25, -0.2) is 0 Å². The molecule has 0 aliphatic rings. The average molecular weight is 210 g/mol. The number of nitrogens with zero attached hydrogens (tertiary/aromatic N) is 3. The number of nitrogens with two attached hydrogens (primary N) is 1. The first-order valence-corrected chi connectivity index (χ1v) is 5.56. The molecule has 4 heteroatoms. The second-order valence-electron chi connectivity index (χ2n) is 3.88. The van der Waals surface area contributed by atoms with Crippen molar-refractivity contribution in [3.63, 3.8) is 0 Å². The minimum Gasteiger partial charge on any atom is -0.329 e. The molecule has 1 aromatic rings. The van der Waals surface area contributed by atoms with Crippen molar-refractivity contribution in [1.82, 2.24) is 14.7 Å². The Bertz CT molecular complexity index is 306. The lowest BCUT2D eigenvalue weighted by Gasteiger charge is -2.25.